The molecule has 2 aromatic rings. The van der Waals surface area contributed by atoms with Crippen LogP contribution in [0.5, 0.6) is 0 Å². The highest BCUT2D eigenvalue weighted by molar-refractivity contribution is 5.98. The molecule has 0 fully saturated rings. The Kier molecular flexibility index (Phi) is 5.26. The van der Waals surface area contributed by atoms with Gasteiger partial charge in [-0.1, -0.05) is 0 Å². The average Bonchev–Trinajstić information content (AvgIpc) is 2.76. The van der Waals surface area contributed by atoms with Crippen molar-refractivity contribution in [2.24, 2.45) is 7.05 Å². The summed E-state index contributed by atoms with van der Waals surface area (Å²) in [5.41, 5.74) is 1.08. The zero-order chi connectivity index (χ0) is 17.9. The van der Waals surface area contributed by atoms with Crippen molar-refractivity contribution in [3.8, 4) is 0 Å². The normalized spacial score (nSPS) is 11.7. The van der Waals surface area contributed by atoms with E-state index in [1.807, 2.05) is 20.8 Å². The van der Waals surface area contributed by atoms with Crippen LogP contribution < -0.4 is 5.76 Å². The van der Waals surface area contributed by atoms with Crippen LogP contribution >= 0.6 is 0 Å². The SMILES string of the molecule is Cn1c(=O)oc2cc(C(=O)CCCCC(=O)OC(C)(C)C)ccc21. The maximum atomic E-state index is 12.2. The molecule has 0 aliphatic heterocycles. The summed E-state index contributed by atoms with van der Waals surface area (Å²) in [6.45, 7) is 5.48. The molecular formula is C18H23NO5. The van der Waals surface area contributed by atoms with Crippen LogP contribution in [0.1, 0.15) is 56.8 Å². The standard InChI is InChI=1S/C18H23NO5/c1-18(2,3)24-16(21)8-6-5-7-14(20)12-9-10-13-15(11-12)23-17(22)19(13)4/h9-11H,5-8H2,1-4H3. The van der Waals surface area contributed by atoms with Crippen molar-refractivity contribution >= 4 is 22.9 Å². The minimum atomic E-state index is -0.484. The quantitative estimate of drug-likeness (QED) is 0.461. The van der Waals surface area contributed by atoms with E-state index in [4.69, 9.17) is 9.15 Å². The first kappa shape index (κ1) is 18.0. The van der Waals surface area contributed by atoms with E-state index in [1.54, 1.807) is 25.2 Å². The number of esters is 1. The zero-order valence-corrected chi connectivity index (χ0v) is 14.5. The Bertz CT molecular complexity index is 807. The van der Waals surface area contributed by atoms with Gasteiger partial charge in [0.1, 0.15) is 5.60 Å². The van der Waals surface area contributed by atoms with Gasteiger partial charge in [0, 0.05) is 25.5 Å². The molecule has 0 amide bonds. The predicted molar refractivity (Wildman–Crippen MR) is 90.1 cm³/mol. The van der Waals surface area contributed by atoms with E-state index in [0.29, 0.717) is 42.3 Å². The Labute approximate surface area is 140 Å². The summed E-state index contributed by atoms with van der Waals surface area (Å²) >= 11 is 0. The third kappa shape index (κ3) is 4.57. The molecule has 1 heterocycles. The summed E-state index contributed by atoms with van der Waals surface area (Å²) < 4.78 is 11.7. The smallest absolute Gasteiger partial charge is 0.419 e. The lowest BCUT2D eigenvalue weighted by atomic mass is 10.0. The van der Waals surface area contributed by atoms with Gasteiger partial charge in [-0.15, -0.1) is 0 Å². The number of carbonyl (C=O) groups is 2. The van der Waals surface area contributed by atoms with Gasteiger partial charge >= 0.3 is 11.7 Å². The number of nitrogens with zero attached hydrogens (tertiary/aromatic N) is 1. The molecule has 0 saturated heterocycles. The summed E-state index contributed by atoms with van der Waals surface area (Å²) in [5.74, 6) is -0.734. The number of Topliss-reactive ketones (excluding diaryl/α,β-unsaturated/α-hetero) is 1. The number of hydrogen-bond acceptors (Lipinski definition) is 5. The van der Waals surface area contributed by atoms with E-state index in [0.717, 1.165) is 0 Å². The fourth-order valence-corrected chi connectivity index (χ4v) is 2.40. The van der Waals surface area contributed by atoms with Crippen molar-refractivity contribution in [3.05, 3.63) is 34.3 Å². The van der Waals surface area contributed by atoms with Crippen LogP contribution in [0.15, 0.2) is 27.4 Å². The van der Waals surface area contributed by atoms with Gasteiger partial charge < -0.3 is 9.15 Å². The monoisotopic (exact) mass is 333 g/mol. The van der Waals surface area contributed by atoms with Gasteiger partial charge in [0.2, 0.25) is 0 Å². The number of ketones is 1. The first-order valence-corrected chi connectivity index (χ1v) is 8.02. The highest BCUT2D eigenvalue weighted by atomic mass is 16.6. The number of ether oxygens (including phenoxy) is 1. The van der Waals surface area contributed by atoms with Gasteiger partial charge in [0.25, 0.3) is 0 Å². The van der Waals surface area contributed by atoms with Crippen LogP contribution in [0.3, 0.4) is 0 Å². The van der Waals surface area contributed by atoms with Crippen molar-refractivity contribution in [1.29, 1.82) is 0 Å². The second kappa shape index (κ2) is 7.03. The zero-order valence-electron chi connectivity index (χ0n) is 14.5. The summed E-state index contributed by atoms with van der Waals surface area (Å²) in [6.07, 6.45) is 1.85. The Hall–Kier alpha value is -2.37. The molecular weight excluding hydrogens is 310 g/mol. The van der Waals surface area contributed by atoms with Crippen LogP contribution in [0.4, 0.5) is 0 Å². The first-order valence-electron chi connectivity index (χ1n) is 8.02. The van der Waals surface area contributed by atoms with Crippen molar-refractivity contribution < 1.29 is 18.7 Å². The minimum absolute atomic E-state index is 0.0346. The fraction of sp³-hybridized carbons (Fsp3) is 0.500. The molecule has 1 aromatic carbocycles. The molecule has 0 atom stereocenters. The number of fused-ring (bicyclic) bond motifs is 1. The number of aromatic nitrogens is 1. The van der Waals surface area contributed by atoms with Gasteiger partial charge in [0.05, 0.1) is 5.52 Å². The van der Waals surface area contributed by atoms with Crippen LogP contribution in [0.25, 0.3) is 11.1 Å². The Morgan fingerprint density at radius 1 is 1.17 bits per heavy atom. The number of unbranched alkanes of at least 4 members (excludes halogenated alkanes) is 1. The largest absolute Gasteiger partial charge is 0.460 e. The third-order valence-electron chi connectivity index (χ3n) is 3.57. The van der Waals surface area contributed by atoms with Gasteiger partial charge in [-0.05, 0) is 51.8 Å². The molecule has 0 saturated carbocycles. The van der Waals surface area contributed by atoms with Crippen LogP contribution in [0.2, 0.25) is 0 Å². The lowest BCUT2D eigenvalue weighted by Gasteiger charge is -2.19. The van der Waals surface area contributed by atoms with E-state index < -0.39 is 11.4 Å². The maximum absolute atomic E-state index is 12.2. The molecule has 130 valence electrons. The minimum Gasteiger partial charge on any atom is -0.460 e. The van der Waals surface area contributed by atoms with Crippen molar-refractivity contribution in [2.75, 3.05) is 0 Å². The van der Waals surface area contributed by atoms with E-state index in [9.17, 15) is 14.4 Å². The molecule has 1 aromatic heterocycles. The van der Waals surface area contributed by atoms with E-state index in [1.165, 1.54) is 4.57 Å². The number of carbonyl (C=O) groups excluding carboxylic acids is 2. The number of aryl methyl sites for hydroxylation is 1. The van der Waals surface area contributed by atoms with E-state index in [2.05, 4.69) is 0 Å². The summed E-state index contributed by atoms with van der Waals surface area (Å²) in [6, 6.07) is 4.98. The molecule has 6 heteroatoms. The van der Waals surface area contributed by atoms with Crippen LogP contribution in [-0.4, -0.2) is 21.9 Å². The molecule has 24 heavy (non-hydrogen) atoms. The topological polar surface area (TPSA) is 78.5 Å². The summed E-state index contributed by atoms with van der Waals surface area (Å²) in [4.78, 5) is 35.3. The van der Waals surface area contributed by atoms with Crippen molar-refractivity contribution in [1.82, 2.24) is 4.57 Å². The molecule has 0 spiro atoms. The molecule has 0 unspecified atom stereocenters. The molecule has 2 rings (SSSR count). The van der Waals surface area contributed by atoms with E-state index in [-0.39, 0.29) is 11.8 Å². The maximum Gasteiger partial charge on any atom is 0.419 e. The first-order chi connectivity index (χ1) is 11.2. The number of oxazole rings is 1. The summed E-state index contributed by atoms with van der Waals surface area (Å²) in [7, 11) is 1.62. The van der Waals surface area contributed by atoms with Gasteiger partial charge in [-0.2, -0.15) is 0 Å². The fourth-order valence-electron chi connectivity index (χ4n) is 2.40. The van der Waals surface area contributed by atoms with Gasteiger partial charge in [0.15, 0.2) is 11.4 Å². The average molecular weight is 333 g/mol. The van der Waals surface area contributed by atoms with Crippen LogP contribution in [-0.2, 0) is 16.6 Å². The number of rotatable bonds is 6. The molecule has 6 nitrogen and oxygen atoms in total. The molecule has 0 radical (unpaired) electrons. The molecule has 0 aliphatic carbocycles. The predicted octanol–water partition coefficient (Wildman–Crippen LogP) is 3.22. The van der Waals surface area contributed by atoms with Crippen molar-refractivity contribution in [3.63, 3.8) is 0 Å². The summed E-state index contributed by atoms with van der Waals surface area (Å²) in [5, 5.41) is 0. The van der Waals surface area contributed by atoms with Gasteiger partial charge in [-0.3, -0.25) is 14.2 Å². The highest BCUT2D eigenvalue weighted by Crippen LogP contribution is 2.17. The van der Waals surface area contributed by atoms with Gasteiger partial charge in [-0.25, -0.2) is 4.79 Å². The Balaban J connectivity index is 1.87. The van der Waals surface area contributed by atoms with E-state index >= 15 is 0 Å². The molecule has 0 aliphatic rings. The number of benzene rings is 1. The molecule has 0 N–H and O–H groups in total. The van der Waals surface area contributed by atoms with Crippen LogP contribution in [0, 0.1) is 0 Å². The third-order valence-corrected chi connectivity index (χ3v) is 3.57. The Morgan fingerprint density at radius 3 is 2.50 bits per heavy atom. The Morgan fingerprint density at radius 2 is 1.83 bits per heavy atom. The highest BCUT2D eigenvalue weighted by Gasteiger charge is 2.16. The lowest BCUT2D eigenvalue weighted by molar-refractivity contribution is -0.154. The van der Waals surface area contributed by atoms with Crippen molar-refractivity contribution in [2.45, 2.75) is 52.1 Å². The number of hydrogen-bond donors (Lipinski definition) is 0. The second-order valence-electron chi connectivity index (χ2n) is 6.83. The lowest BCUT2D eigenvalue weighted by Crippen LogP contribution is -2.23. The molecule has 0 bridgehead atoms. The second-order valence-corrected chi connectivity index (χ2v) is 6.83.